The molecule has 2 atom stereocenters. The van der Waals surface area contributed by atoms with Crippen LogP contribution in [-0.4, -0.2) is 66.2 Å². The number of likely N-dealkylation sites (tertiary alicyclic amines) is 1. The highest BCUT2D eigenvalue weighted by Crippen LogP contribution is 2.60. The first kappa shape index (κ1) is 16.8. The molecule has 0 aromatic carbocycles. The smallest absolute Gasteiger partial charge is 0.240 e. The van der Waals surface area contributed by atoms with Gasteiger partial charge in [-0.25, -0.2) is 0 Å². The molecule has 4 aliphatic carbocycles. The Bertz CT molecular complexity index is 460. The average molecular weight is 335 g/mol. The summed E-state index contributed by atoms with van der Waals surface area (Å²) in [6.07, 6.45) is 8.92. The van der Waals surface area contributed by atoms with E-state index in [2.05, 4.69) is 4.90 Å². The van der Waals surface area contributed by atoms with Crippen LogP contribution in [0.2, 0.25) is 0 Å². The Labute approximate surface area is 145 Å². The van der Waals surface area contributed by atoms with Crippen molar-refractivity contribution in [3.63, 3.8) is 0 Å². The molecule has 1 heterocycles. The van der Waals surface area contributed by atoms with Crippen LogP contribution in [0.4, 0.5) is 0 Å². The third-order valence-corrected chi connectivity index (χ3v) is 7.24. The highest BCUT2D eigenvalue weighted by Gasteiger charge is 2.52. The Morgan fingerprint density at radius 3 is 2.21 bits per heavy atom. The summed E-state index contributed by atoms with van der Waals surface area (Å²) in [5.74, 6) is 2.87. The van der Waals surface area contributed by atoms with Crippen molar-refractivity contribution in [2.24, 2.45) is 28.9 Å². The maximum absolute atomic E-state index is 13.1. The van der Waals surface area contributed by atoms with E-state index in [0.717, 1.165) is 37.3 Å². The summed E-state index contributed by atoms with van der Waals surface area (Å²) in [4.78, 5) is 17.2. The summed E-state index contributed by atoms with van der Waals surface area (Å²) in [6, 6.07) is -0.0000572. The maximum atomic E-state index is 13.1. The Hall–Kier alpha value is -0.650. The standard InChI is InChI=1S/C19H33N3O2/c1-21-11-16(20)7-17(21)18(24)22(2-3-23)12-19-8-13-4-14(9-19)6-15(5-13)10-19/h13-17,23H,2-12,20H2,1H3/t13?,14?,15?,16-,17-,19?/m0/s1. The second-order valence-electron chi connectivity index (χ2n) is 9.35. The van der Waals surface area contributed by atoms with Gasteiger partial charge < -0.3 is 15.7 Å². The van der Waals surface area contributed by atoms with Crippen molar-refractivity contribution in [2.45, 2.75) is 57.0 Å². The minimum absolute atomic E-state index is 0.0561. The minimum atomic E-state index is -0.0968. The zero-order valence-electron chi connectivity index (χ0n) is 15.0. The van der Waals surface area contributed by atoms with E-state index in [1.165, 1.54) is 38.5 Å². The van der Waals surface area contributed by atoms with Crippen molar-refractivity contribution >= 4 is 5.91 Å². The third kappa shape index (κ3) is 2.99. The third-order valence-electron chi connectivity index (χ3n) is 7.24. The van der Waals surface area contributed by atoms with Crippen LogP contribution in [0.25, 0.3) is 0 Å². The molecule has 5 nitrogen and oxygen atoms in total. The second-order valence-corrected chi connectivity index (χ2v) is 9.35. The monoisotopic (exact) mass is 335 g/mol. The average Bonchev–Trinajstić information content (AvgIpc) is 2.83. The topological polar surface area (TPSA) is 69.8 Å². The van der Waals surface area contributed by atoms with Crippen molar-refractivity contribution in [3.8, 4) is 0 Å². The molecule has 4 saturated carbocycles. The molecule has 0 unspecified atom stereocenters. The van der Waals surface area contributed by atoms with Crippen molar-refractivity contribution in [2.75, 3.05) is 33.3 Å². The molecule has 1 saturated heterocycles. The number of amides is 1. The molecule has 0 radical (unpaired) electrons. The lowest BCUT2D eigenvalue weighted by molar-refractivity contribution is -0.142. The lowest BCUT2D eigenvalue weighted by Crippen LogP contribution is -2.55. The second kappa shape index (κ2) is 6.26. The molecule has 0 aromatic heterocycles. The summed E-state index contributed by atoms with van der Waals surface area (Å²) in [5, 5.41) is 9.53. The number of hydrogen-bond donors (Lipinski definition) is 2. The van der Waals surface area contributed by atoms with Gasteiger partial charge in [0.2, 0.25) is 5.91 Å². The highest BCUT2D eigenvalue weighted by atomic mass is 16.3. The SMILES string of the molecule is CN1C[C@@H](N)C[C@H]1C(=O)N(CCO)CC12CC3CC(CC(C3)C1)C2. The van der Waals surface area contributed by atoms with Gasteiger partial charge >= 0.3 is 0 Å². The number of nitrogens with two attached hydrogens (primary N) is 1. The summed E-state index contributed by atoms with van der Waals surface area (Å²) >= 11 is 0. The normalized spacial score (nSPS) is 44.2. The van der Waals surface area contributed by atoms with E-state index in [9.17, 15) is 9.90 Å². The number of hydrogen-bond acceptors (Lipinski definition) is 4. The first-order chi connectivity index (χ1) is 11.5. The molecule has 5 fully saturated rings. The van der Waals surface area contributed by atoms with Gasteiger partial charge in [-0.3, -0.25) is 9.69 Å². The molecule has 24 heavy (non-hydrogen) atoms. The predicted molar refractivity (Wildman–Crippen MR) is 93.3 cm³/mol. The number of rotatable bonds is 5. The van der Waals surface area contributed by atoms with Crippen LogP contribution in [-0.2, 0) is 4.79 Å². The summed E-state index contributed by atoms with van der Waals surface area (Å²) in [5.41, 5.74) is 6.39. The van der Waals surface area contributed by atoms with E-state index in [0.29, 0.717) is 12.0 Å². The molecular formula is C19H33N3O2. The van der Waals surface area contributed by atoms with Gasteiger partial charge in [-0.15, -0.1) is 0 Å². The molecule has 1 amide bonds. The molecule has 4 bridgehead atoms. The Morgan fingerprint density at radius 2 is 1.75 bits per heavy atom. The fourth-order valence-corrected chi connectivity index (χ4v) is 6.81. The van der Waals surface area contributed by atoms with Crippen LogP contribution in [0, 0.1) is 23.2 Å². The quantitative estimate of drug-likeness (QED) is 0.788. The van der Waals surface area contributed by atoms with Crippen molar-refractivity contribution in [3.05, 3.63) is 0 Å². The molecule has 0 spiro atoms. The molecule has 0 aromatic rings. The van der Waals surface area contributed by atoms with Crippen molar-refractivity contribution in [1.29, 1.82) is 0 Å². The number of aliphatic hydroxyl groups excluding tert-OH is 1. The first-order valence-corrected chi connectivity index (χ1v) is 9.83. The van der Waals surface area contributed by atoms with Crippen LogP contribution in [0.1, 0.15) is 44.9 Å². The van der Waals surface area contributed by atoms with Crippen LogP contribution < -0.4 is 5.73 Å². The van der Waals surface area contributed by atoms with E-state index in [1.807, 2.05) is 11.9 Å². The number of carbonyl (C=O) groups is 1. The van der Waals surface area contributed by atoms with Gasteiger partial charge in [0.25, 0.3) is 0 Å². The Morgan fingerprint density at radius 1 is 1.17 bits per heavy atom. The van der Waals surface area contributed by atoms with Gasteiger partial charge in [0, 0.05) is 25.7 Å². The van der Waals surface area contributed by atoms with E-state index in [4.69, 9.17) is 5.73 Å². The zero-order valence-corrected chi connectivity index (χ0v) is 15.0. The molecule has 5 aliphatic rings. The van der Waals surface area contributed by atoms with Crippen molar-refractivity contribution in [1.82, 2.24) is 9.80 Å². The summed E-state index contributed by atoms with van der Waals surface area (Å²) < 4.78 is 0. The van der Waals surface area contributed by atoms with Gasteiger partial charge in [0.15, 0.2) is 0 Å². The molecule has 5 heteroatoms. The Balaban J connectivity index is 1.48. The summed E-state index contributed by atoms with van der Waals surface area (Å²) in [7, 11) is 2.00. The Kier molecular flexibility index (Phi) is 4.38. The van der Waals surface area contributed by atoms with Gasteiger partial charge in [-0.05, 0) is 75.2 Å². The number of aliphatic hydroxyl groups is 1. The van der Waals surface area contributed by atoms with Gasteiger partial charge in [0.05, 0.1) is 12.6 Å². The molecular weight excluding hydrogens is 302 g/mol. The lowest BCUT2D eigenvalue weighted by Gasteiger charge is -2.58. The predicted octanol–water partition coefficient (Wildman–Crippen LogP) is 1.06. The minimum Gasteiger partial charge on any atom is -0.395 e. The fourth-order valence-electron chi connectivity index (χ4n) is 6.81. The van der Waals surface area contributed by atoms with Crippen LogP contribution in [0.3, 0.4) is 0 Å². The number of likely N-dealkylation sites (N-methyl/N-ethyl adjacent to an activating group) is 1. The lowest BCUT2D eigenvalue weighted by atomic mass is 9.49. The molecule has 3 N–H and O–H groups in total. The fraction of sp³-hybridized carbons (Fsp3) is 0.947. The van der Waals surface area contributed by atoms with E-state index in [-0.39, 0.29) is 24.6 Å². The first-order valence-electron chi connectivity index (χ1n) is 9.83. The van der Waals surface area contributed by atoms with E-state index >= 15 is 0 Å². The molecule has 5 rings (SSSR count). The summed E-state index contributed by atoms with van der Waals surface area (Å²) in [6.45, 7) is 2.18. The highest BCUT2D eigenvalue weighted by molar-refractivity contribution is 5.82. The van der Waals surface area contributed by atoms with Gasteiger partial charge in [-0.1, -0.05) is 0 Å². The number of carbonyl (C=O) groups excluding carboxylic acids is 1. The zero-order chi connectivity index (χ0) is 16.9. The van der Waals surface area contributed by atoms with Gasteiger partial charge in [0.1, 0.15) is 0 Å². The van der Waals surface area contributed by atoms with Crippen molar-refractivity contribution < 1.29 is 9.90 Å². The molecule has 1 aliphatic heterocycles. The van der Waals surface area contributed by atoms with Gasteiger partial charge in [-0.2, -0.15) is 0 Å². The molecule has 136 valence electrons. The van der Waals surface area contributed by atoms with E-state index < -0.39 is 0 Å². The largest absolute Gasteiger partial charge is 0.395 e. The van der Waals surface area contributed by atoms with Crippen LogP contribution in [0.15, 0.2) is 0 Å². The van der Waals surface area contributed by atoms with Crippen LogP contribution >= 0.6 is 0 Å². The van der Waals surface area contributed by atoms with E-state index in [1.54, 1.807) is 0 Å². The maximum Gasteiger partial charge on any atom is 0.240 e. The van der Waals surface area contributed by atoms with Crippen LogP contribution in [0.5, 0.6) is 0 Å². The number of nitrogens with zero attached hydrogens (tertiary/aromatic N) is 2.